The molecule has 0 spiro atoms. The summed E-state index contributed by atoms with van der Waals surface area (Å²) in [6.07, 6.45) is 3.91. The number of thiocarbonyl (C=S) groups is 1. The van der Waals surface area contributed by atoms with Crippen LogP contribution in [0.4, 0.5) is 0 Å². The van der Waals surface area contributed by atoms with Gasteiger partial charge in [-0.1, -0.05) is 6.42 Å². The SMILES string of the molecule is CC(C)(C)NC(=S)NNC(=O)c1ccc2c(=O)n3c(nc2c1)CCCCC3. The van der Waals surface area contributed by atoms with Gasteiger partial charge in [-0.25, -0.2) is 4.98 Å². The molecule has 3 rings (SSSR count). The van der Waals surface area contributed by atoms with Crippen molar-refractivity contribution in [2.45, 2.75) is 58.5 Å². The van der Waals surface area contributed by atoms with Crippen molar-refractivity contribution in [3.8, 4) is 0 Å². The molecule has 7 nitrogen and oxygen atoms in total. The lowest BCUT2D eigenvalue weighted by Gasteiger charge is -2.23. The van der Waals surface area contributed by atoms with Crippen molar-refractivity contribution in [1.29, 1.82) is 0 Å². The molecular formula is C19H25N5O2S. The molecule has 0 radical (unpaired) electrons. The first-order valence-corrected chi connectivity index (χ1v) is 9.57. The number of hydrogen-bond acceptors (Lipinski definition) is 4. The number of nitrogens with zero attached hydrogens (tertiary/aromatic N) is 2. The smallest absolute Gasteiger partial charge is 0.269 e. The van der Waals surface area contributed by atoms with Gasteiger partial charge in [-0.2, -0.15) is 0 Å². The van der Waals surface area contributed by atoms with E-state index >= 15 is 0 Å². The van der Waals surface area contributed by atoms with Crippen molar-refractivity contribution in [2.75, 3.05) is 0 Å². The van der Waals surface area contributed by atoms with Crippen LogP contribution in [0.15, 0.2) is 23.0 Å². The maximum Gasteiger partial charge on any atom is 0.269 e. The Labute approximate surface area is 163 Å². The Morgan fingerprint density at radius 1 is 1.19 bits per heavy atom. The zero-order chi connectivity index (χ0) is 19.6. The fourth-order valence-electron chi connectivity index (χ4n) is 3.12. The highest BCUT2D eigenvalue weighted by Gasteiger charge is 2.16. The molecule has 0 aliphatic carbocycles. The third kappa shape index (κ3) is 4.63. The Kier molecular flexibility index (Phi) is 5.46. The van der Waals surface area contributed by atoms with Crippen LogP contribution in [0.25, 0.3) is 10.9 Å². The van der Waals surface area contributed by atoms with Gasteiger partial charge in [0.25, 0.3) is 11.5 Å². The van der Waals surface area contributed by atoms with Crippen molar-refractivity contribution in [1.82, 2.24) is 25.7 Å². The molecule has 144 valence electrons. The first-order valence-electron chi connectivity index (χ1n) is 9.16. The van der Waals surface area contributed by atoms with E-state index in [2.05, 4.69) is 21.2 Å². The van der Waals surface area contributed by atoms with Crippen molar-refractivity contribution < 1.29 is 4.79 Å². The zero-order valence-corrected chi connectivity index (χ0v) is 16.7. The monoisotopic (exact) mass is 387 g/mol. The summed E-state index contributed by atoms with van der Waals surface area (Å²) in [7, 11) is 0. The lowest BCUT2D eigenvalue weighted by atomic mass is 10.1. The van der Waals surface area contributed by atoms with Gasteiger partial charge in [0.2, 0.25) is 0 Å². The predicted octanol–water partition coefficient (Wildman–Crippen LogP) is 2.03. The van der Waals surface area contributed by atoms with Crippen molar-refractivity contribution >= 4 is 34.1 Å². The van der Waals surface area contributed by atoms with Crippen LogP contribution in [0.1, 0.15) is 56.2 Å². The minimum Gasteiger partial charge on any atom is -0.357 e. The summed E-state index contributed by atoms with van der Waals surface area (Å²) in [6.45, 7) is 6.62. The number of amides is 1. The van der Waals surface area contributed by atoms with E-state index < -0.39 is 0 Å². The van der Waals surface area contributed by atoms with E-state index in [1.807, 2.05) is 20.8 Å². The third-order valence-corrected chi connectivity index (χ3v) is 4.56. The average molecular weight is 388 g/mol. The minimum atomic E-state index is -0.341. The van der Waals surface area contributed by atoms with E-state index in [0.29, 0.717) is 28.1 Å². The second-order valence-electron chi connectivity index (χ2n) is 7.81. The van der Waals surface area contributed by atoms with Gasteiger partial charge in [0, 0.05) is 24.1 Å². The molecule has 0 unspecified atom stereocenters. The van der Waals surface area contributed by atoms with Gasteiger partial charge in [-0.3, -0.25) is 25.0 Å². The van der Waals surface area contributed by atoms with Gasteiger partial charge in [-0.15, -0.1) is 0 Å². The summed E-state index contributed by atoms with van der Waals surface area (Å²) in [4.78, 5) is 29.8. The van der Waals surface area contributed by atoms with E-state index in [9.17, 15) is 9.59 Å². The number of aromatic nitrogens is 2. The second kappa shape index (κ2) is 7.64. The van der Waals surface area contributed by atoms with Gasteiger partial charge >= 0.3 is 0 Å². The lowest BCUT2D eigenvalue weighted by Crippen LogP contribution is -2.52. The molecule has 0 saturated heterocycles. The van der Waals surface area contributed by atoms with Crippen LogP contribution >= 0.6 is 12.2 Å². The Balaban J connectivity index is 1.81. The van der Waals surface area contributed by atoms with Gasteiger partial charge in [0.15, 0.2) is 5.11 Å². The molecule has 3 N–H and O–H groups in total. The van der Waals surface area contributed by atoms with Crippen LogP contribution in [0.5, 0.6) is 0 Å². The summed E-state index contributed by atoms with van der Waals surface area (Å²) in [5.41, 5.74) is 5.99. The summed E-state index contributed by atoms with van der Waals surface area (Å²) in [6, 6.07) is 4.95. The van der Waals surface area contributed by atoms with Gasteiger partial charge in [-0.05, 0) is 64.0 Å². The van der Waals surface area contributed by atoms with E-state index in [-0.39, 0.29) is 17.0 Å². The molecule has 1 aromatic heterocycles. The minimum absolute atomic E-state index is 0.0301. The fraction of sp³-hybridized carbons (Fsp3) is 0.474. The summed E-state index contributed by atoms with van der Waals surface area (Å²) in [5.74, 6) is 0.461. The van der Waals surface area contributed by atoms with Crippen LogP contribution in [0.2, 0.25) is 0 Å². The Hall–Kier alpha value is -2.48. The highest BCUT2D eigenvalue weighted by molar-refractivity contribution is 7.80. The van der Waals surface area contributed by atoms with Crippen LogP contribution in [0, 0.1) is 0 Å². The van der Waals surface area contributed by atoms with Gasteiger partial charge < -0.3 is 5.32 Å². The molecule has 2 heterocycles. The maximum atomic E-state index is 12.7. The number of fused-ring (bicyclic) bond motifs is 2. The number of carbonyl (C=O) groups excluding carboxylic acids is 1. The lowest BCUT2D eigenvalue weighted by molar-refractivity contribution is 0.0943. The van der Waals surface area contributed by atoms with Crippen LogP contribution in [-0.2, 0) is 13.0 Å². The number of rotatable bonds is 1. The molecule has 27 heavy (non-hydrogen) atoms. The molecule has 0 fully saturated rings. The topological polar surface area (TPSA) is 88.0 Å². The highest BCUT2D eigenvalue weighted by Crippen LogP contribution is 2.16. The Bertz CT molecular complexity index is 945. The number of nitrogens with one attached hydrogen (secondary N) is 3. The zero-order valence-electron chi connectivity index (χ0n) is 15.9. The first-order chi connectivity index (χ1) is 12.7. The summed E-state index contributed by atoms with van der Waals surface area (Å²) < 4.78 is 1.77. The van der Waals surface area contributed by atoms with E-state index in [0.717, 1.165) is 31.5 Å². The van der Waals surface area contributed by atoms with Crippen LogP contribution in [0.3, 0.4) is 0 Å². The van der Waals surface area contributed by atoms with E-state index in [4.69, 9.17) is 12.2 Å². The molecule has 8 heteroatoms. The average Bonchev–Trinajstić information content (AvgIpc) is 2.83. The molecule has 0 saturated carbocycles. The second-order valence-corrected chi connectivity index (χ2v) is 8.22. The van der Waals surface area contributed by atoms with Gasteiger partial charge in [0.05, 0.1) is 10.9 Å². The molecule has 2 aromatic rings. The molecule has 1 aliphatic rings. The van der Waals surface area contributed by atoms with Crippen LogP contribution < -0.4 is 21.7 Å². The molecule has 0 atom stereocenters. The number of hydrazine groups is 1. The molecular weight excluding hydrogens is 362 g/mol. The third-order valence-electron chi connectivity index (χ3n) is 4.36. The number of benzene rings is 1. The first kappa shape index (κ1) is 19.3. The largest absolute Gasteiger partial charge is 0.357 e. The summed E-state index contributed by atoms with van der Waals surface area (Å²) >= 11 is 5.15. The van der Waals surface area contributed by atoms with E-state index in [1.165, 1.54) is 0 Å². The van der Waals surface area contributed by atoms with Crippen molar-refractivity contribution in [3.05, 3.63) is 39.9 Å². The number of aryl methyl sites for hydroxylation is 1. The molecule has 1 aliphatic heterocycles. The standard InChI is InChI=1S/C19H25N5O2S/c1-19(2,3)21-18(27)23-22-16(25)12-8-9-13-14(11-12)20-15-7-5-4-6-10-24(15)17(13)26/h8-9,11H,4-7,10H2,1-3H3,(H,22,25)(H2,21,23,27). The fourth-order valence-corrected chi connectivity index (χ4v) is 3.47. The van der Waals surface area contributed by atoms with Crippen molar-refractivity contribution in [2.24, 2.45) is 0 Å². The maximum absolute atomic E-state index is 12.7. The quantitative estimate of drug-likeness (QED) is 0.513. The highest BCUT2D eigenvalue weighted by atomic mass is 32.1. The number of hydrogen-bond donors (Lipinski definition) is 3. The Morgan fingerprint density at radius 2 is 1.96 bits per heavy atom. The van der Waals surface area contributed by atoms with Crippen LogP contribution in [-0.4, -0.2) is 26.1 Å². The molecule has 1 amide bonds. The van der Waals surface area contributed by atoms with Crippen molar-refractivity contribution in [3.63, 3.8) is 0 Å². The van der Waals surface area contributed by atoms with E-state index in [1.54, 1.807) is 22.8 Å². The molecule has 1 aromatic carbocycles. The Morgan fingerprint density at radius 3 is 2.70 bits per heavy atom. The van der Waals surface area contributed by atoms with Gasteiger partial charge in [0.1, 0.15) is 5.82 Å². The predicted molar refractivity (Wildman–Crippen MR) is 110 cm³/mol. The normalized spacial score (nSPS) is 14.2. The molecule has 0 bridgehead atoms. The number of carbonyl (C=O) groups is 1. The summed E-state index contributed by atoms with van der Waals surface area (Å²) in [5, 5.41) is 3.92.